The van der Waals surface area contributed by atoms with Gasteiger partial charge in [0.25, 0.3) is 0 Å². The molecule has 1 N–H and O–H groups in total. The third-order valence-corrected chi connectivity index (χ3v) is 4.52. The van der Waals surface area contributed by atoms with Gasteiger partial charge in [0.2, 0.25) is 0 Å². The van der Waals surface area contributed by atoms with Crippen molar-refractivity contribution in [3.63, 3.8) is 0 Å². The molecule has 0 saturated carbocycles. The first kappa shape index (κ1) is 15.3. The van der Waals surface area contributed by atoms with Crippen LogP contribution < -0.4 is 5.32 Å². The Morgan fingerprint density at radius 1 is 1.10 bits per heavy atom. The van der Waals surface area contributed by atoms with Gasteiger partial charge >= 0.3 is 0 Å². The molecule has 1 aromatic carbocycles. The van der Waals surface area contributed by atoms with Gasteiger partial charge in [0, 0.05) is 17.5 Å². The minimum atomic E-state index is 0.317. The zero-order chi connectivity index (χ0) is 14.6. The fourth-order valence-electron chi connectivity index (χ4n) is 2.41. The quantitative estimate of drug-likeness (QED) is 0.784. The highest BCUT2D eigenvalue weighted by Gasteiger charge is 2.20. The zero-order valence-corrected chi connectivity index (χ0v) is 13.8. The van der Waals surface area contributed by atoms with E-state index in [1.54, 1.807) is 0 Å². The maximum atomic E-state index is 3.75. The minimum Gasteiger partial charge on any atom is -0.305 e. The van der Waals surface area contributed by atoms with Crippen molar-refractivity contribution in [1.29, 1.82) is 0 Å². The molecule has 1 nitrogen and oxygen atoms in total. The Morgan fingerprint density at radius 2 is 1.80 bits per heavy atom. The van der Waals surface area contributed by atoms with Crippen molar-refractivity contribution in [2.24, 2.45) is 5.41 Å². The van der Waals surface area contributed by atoms with Crippen LogP contribution in [0.5, 0.6) is 0 Å². The van der Waals surface area contributed by atoms with Crippen molar-refractivity contribution in [2.45, 2.75) is 46.7 Å². The van der Waals surface area contributed by atoms with Crippen LogP contribution in [0.25, 0.3) is 0 Å². The van der Waals surface area contributed by atoms with E-state index < -0.39 is 0 Å². The number of thiophene rings is 1. The lowest BCUT2D eigenvalue weighted by molar-refractivity contribution is 0.310. The summed E-state index contributed by atoms with van der Waals surface area (Å²) in [5.74, 6) is 0. The van der Waals surface area contributed by atoms with Crippen molar-refractivity contribution >= 4 is 11.3 Å². The molecule has 0 amide bonds. The number of aryl methyl sites for hydroxylation is 1. The second-order valence-corrected chi connectivity index (χ2v) is 7.64. The molecule has 1 unspecified atom stereocenters. The lowest BCUT2D eigenvalue weighted by atomic mass is 9.85. The van der Waals surface area contributed by atoms with Crippen LogP contribution in [0.4, 0.5) is 0 Å². The van der Waals surface area contributed by atoms with E-state index in [9.17, 15) is 0 Å². The molecule has 0 aliphatic carbocycles. The molecule has 0 saturated heterocycles. The molecule has 1 atom stereocenters. The topological polar surface area (TPSA) is 12.0 Å². The monoisotopic (exact) mass is 287 g/mol. The molecule has 2 rings (SSSR count). The number of benzene rings is 1. The first-order valence-corrected chi connectivity index (χ1v) is 8.15. The van der Waals surface area contributed by atoms with E-state index in [2.05, 4.69) is 74.8 Å². The van der Waals surface area contributed by atoms with Crippen LogP contribution in [0.2, 0.25) is 0 Å². The van der Waals surface area contributed by atoms with E-state index in [1.807, 2.05) is 11.3 Å². The summed E-state index contributed by atoms with van der Waals surface area (Å²) < 4.78 is 0. The molecule has 0 aliphatic rings. The summed E-state index contributed by atoms with van der Waals surface area (Å²) in [6.45, 7) is 10.1. The lowest BCUT2D eigenvalue weighted by Crippen LogP contribution is -2.25. The standard InChI is InChI=1S/C18H25NS/c1-14-10-11-20-17(14)13-19-16(12-18(2,3)4)15-8-6-5-7-9-15/h5-11,16,19H,12-13H2,1-4H3. The van der Waals surface area contributed by atoms with E-state index in [-0.39, 0.29) is 0 Å². The molecular formula is C18H25NS. The molecular weight excluding hydrogens is 262 g/mol. The van der Waals surface area contributed by atoms with E-state index in [0.717, 1.165) is 13.0 Å². The van der Waals surface area contributed by atoms with E-state index in [1.165, 1.54) is 16.0 Å². The van der Waals surface area contributed by atoms with Gasteiger partial charge in [-0.25, -0.2) is 0 Å². The van der Waals surface area contributed by atoms with Crippen LogP contribution in [0.3, 0.4) is 0 Å². The molecule has 2 heteroatoms. The number of rotatable bonds is 5. The lowest BCUT2D eigenvalue weighted by Gasteiger charge is -2.27. The minimum absolute atomic E-state index is 0.317. The summed E-state index contributed by atoms with van der Waals surface area (Å²) in [6, 6.07) is 13.4. The van der Waals surface area contributed by atoms with Gasteiger partial charge in [0.15, 0.2) is 0 Å². The maximum Gasteiger partial charge on any atom is 0.0328 e. The summed E-state index contributed by atoms with van der Waals surface area (Å²) in [4.78, 5) is 1.44. The van der Waals surface area contributed by atoms with Gasteiger partial charge in [0.1, 0.15) is 0 Å². The Hall–Kier alpha value is -1.12. The second kappa shape index (κ2) is 6.55. The Bertz CT molecular complexity index is 522. The van der Waals surface area contributed by atoms with Crippen LogP contribution >= 0.6 is 11.3 Å². The molecule has 0 spiro atoms. The number of nitrogens with one attached hydrogen (secondary N) is 1. The smallest absolute Gasteiger partial charge is 0.0328 e. The van der Waals surface area contributed by atoms with Crippen molar-refractivity contribution in [1.82, 2.24) is 5.32 Å². The summed E-state index contributed by atoms with van der Waals surface area (Å²) in [5, 5.41) is 5.92. The fraction of sp³-hybridized carbons (Fsp3) is 0.444. The highest BCUT2D eigenvalue weighted by Crippen LogP contribution is 2.30. The largest absolute Gasteiger partial charge is 0.305 e. The third kappa shape index (κ3) is 4.46. The average molecular weight is 287 g/mol. The van der Waals surface area contributed by atoms with Crippen LogP contribution in [0.15, 0.2) is 41.8 Å². The van der Waals surface area contributed by atoms with E-state index in [4.69, 9.17) is 0 Å². The maximum absolute atomic E-state index is 3.75. The molecule has 20 heavy (non-hydrogen) atoms. The van der Waals surface area contributed by atoms with E-state index in [0.29, 0.717) is 11.5 Å². The van der Waals surface area contributed by atoms with E-state index >= 15 is 0 Å². The average Bonchev–Trinajstić information content (AvgIpc) is 2.80. The normalized spacial score (nSPS) is 13.4. The fourth-order valence-corrected chi connectivity index (χ4v) is 3.26. The SMILES string of the molecule is Cc1ccsc1CNC(CC(C)(C)C)c1ccccc1. The third-order valence-electron chi connectivity index (χ3n) is 3.50. The highest BCUT2D eigenvalue weighted by molar-refractivity contribution is 7.10. The zero-order valence-electron chi connectivity index (χ0n) is 12.9. The van der Waals surface area contributed by atoms with Gasteiger partial charge < -0.3 is 5.32 Å². The van der Waals surface area contributed by atoms with Gasteiger partial charge in [-0.1, -0.05) is 51.1 Å². The molecule has 108 valence electrons. The highest BCUT2D eigenvalue weighted by atomic mass is 32.1. The van der Waals surface area contributed by atoms with Gasteiger partial charge in [0.05, 0.1) is 0 Å². The summed E-state index contributed by atoms with van der Waals surface area (Å²) in [7, 11) is 0. The van der Waals surface area contributed by atoms with Crippen molar-refractivity contribution in [2.75, 3.05) is 0 Å². The molecule has 0 bridgehead atoms. The Kier molecular flexibility index (Phi) is 5.00. The predicted octanol–water partition coefficient (Wildman–Crippen LogP) is 5.32. The Morgan fingerprint density at radius 3 is 2.35 bits per heavy atom. The van der Waals surface area contributed by atoms with Crippen LogP contribution in [0.1, 0.15) is 49.2 Å². The molecule has 1 aromatic heterocycles. The first-order valence-electron chi connectivity index (χ1n) is 7.27. The number of hydrogen-bond acceptors (Lipinski definition) is 2. The Balaban J connectivity index is 2.09. The van der Waals surface area contributed by atoms with Gasteiger partial charge in [-0.2, -0.15) is 0 Å². The summed E-state index contributed by atoms with van der Waals surface area (Å²) in [5.41, 5.74) is 3.10. The molecule has 0 fully saturated rings. The molecule has 0 aliphatic heterocycles. The van der Waals surface area contributed by atoms with Crippen LogP contribution in [0, 0.1) is 12.3 Å². The van der Waals surface area contributed by atoms with Crippen LogP contribution in [-0.4, -0.2) is 0 Å². The van der Waals surface area contributed by atoms with Crippen molar-refractivity contribution in [3.05, 3.63) is 57.8 Å². The van der Waals surface area contributed by atoms with Crippen LogP contribution in [-0.2, 0) is 6.54 Å². The summed E-state index contributed by atoms with van der Waals surface area (Å²) in [6.07, 6.45) is 1.14. The number of hydrogen-bond donors (Lipinski definition) is 1. The van der Waals surface area contributed by atoms with Crippen molar-refractivity contribution < 1.29 is 0 Å². The second-order valence-electron chi connectivity index (χ2n) is 6.64. The summed E-state index contributed by atoms with van der Waals surface area (Å²) >= 11 is 1.84. The molecule has 1 heterocycles. The van der Waals surface area contributed by atoms with Gasteiger partial charge in [-0.3, -0.25) is 0 Å². The molecule has 0 radical (unpaired) electrons. The first-order chi connectivity index (χ1) is 9.46. The van der Waals surface area contributed by atoms with Crippen molar-refractivity contribution in [3.8, 4) is 0 Å². The predicted molar refractivity (Wildman–Crippen MR) is 89.2 cm³/mol. The molecule has 2 aromatic rings. The van der Waals surface area contributed by atoms with Gasteiger partial charge in [-0.15, -0.1) is 11.3 Å². The Labute approximate surface area is 127 Å². The van der Waals surface area contributed by atoms with Gasteiger partial charge in [-0.05, 0) is 41.3 Å².